The number of ether oxygens (including phenoxy) is 1. The van der Waals surface area contributed by atoms with Crippen molar-refractivity contribution in [1.82, 2.24) is 5.32 Å². The fourth-order valence-electron chi connectivity index (χ4n) is 2.49. The van der Waals surface area contributed by atoms with Crippen molar-refractivity contribution < 1.29 is 4.74 Å². The van der Waals surface area contributed by atoms with Gasteiger partial charge < -0.3 is 10.1 Å². The van der Waals surface area contributed by atoms with Crippen molar-refractivity contribution >= 4 is 34.8 Å². The molecule has 1 N–H and O–H groups in total. The second kappa shape index (κ2) is 6.53. The van der Waals surface area contributed by atoms with Gasteiger partial charge in [-0.05, 0) is 31.0 Å². The molecule has 1 fully saturated rings. The SMILES string of the molecule is CC(C)[C@H](Oc1c(Cl)ccc(Cl)c1Cl)[C@H]1CCNC1. The van der Waals surface area contributed by atoms with E-state index in [1.54, 1.807) is 12.1 Å². The molecule has 1 aliphatic heterocycles. The Hall–Kier alpha value is -0.150. The van der Waals surface area contributed by atoms with E-state index in [0.717, 1.165) is 19.5 Å². The number of hydrogen-bond donors (Lipinski definition) is 1. The van der Waals surface area contributed by atoms with E-state index in [9.17, 15) is 0 Å². The molecule has 1 aromatic carbocycles. The first-order valence-corrected chi connectivity index (χ1v) is 7.65. The average molecular weight is 323 g/mol. The zero-order chi connectivity index (χ0) is 14.0. The normalized spacial score (nSPS) is 20.8. The number of rotatable bonds is 4. The van der Waals surface area contributed by atoms with Crippen molar-refractivity contribution in [2.45, 2.75) is 26.4 Å². The second-order valence-corrected chi connectivity index (χ2v) is 6.44. The molecule has 1 aliphatic rings. The van der Waals surface area contributed by atoms with Crippen LogP contribution in [-0.2, 0) is 0 Å². The minimum absolute atomic E-state index is 0.0865. The summed E-state index contributed by atoms with van der Waals surface area (Å²) < 4.78 is 6.11. The summed E-state index contributed by atoms with van der Waals surface area (Å²) in [5, 5.41) is 4.73. The van der Waals surface area contributed by atoms with Crippen molar-refractivity contribution in [2.24, 2.45) is 11.8 Å². The third-order valence-electron chi connectivity index (χ3n) is 3.48. The van der Waals surface area contributed by atoms with E-state index in [1.165, 1.54) is 0 Å². The Morgan fingerprint density at radius 1 is 1.21 bits per heavy atom. The van der Waals surface area contributed by atoms with Gasteiger partial charge in [-0.15, -0.1) is 0 Å². The highest BCUT2D eigenvalue weighted by molar-refractivity contribution is 6.44. The molecule has 2 atom stereocenters. The van der Waals surface area contributed by atoms with Crippen LogP contribution < -0.4 is 10.1 Å². The van der Waals surface area contributed by atoms with Crippen LogP contribution in [0, 0.1) is 11.8 Å². The van der Waals surface area contributed by atoms with Gasteiger partial charge in [-0.25, -0.2) is 0 Å². The van der Waals surface area contributed by atoms with E-state index in [0.29, 0.717) is 32.7 Å². The Balaban J connectivity index is 2.24. The van der Waals surface area contributed by atoms with Crippen LogP contribution >= 0.6 is 34.8 Å². The molecular weight excluding hydrogens is 305 g/mol. The molecule has 0 amide bonds. The molecule has 1 saturated heterocycles. The van der Waals surface area contributed by atoms with Crippen molar-refractivity contribution in [3.05, 3.63) is 27.2 Å². The Kier molecular flexibility index (Phi) is 5.24. The Morgan fingerprint density at radius 2 is 1.89 bits per heavy atom. The maximum atomic E-state index is 6.20. The highest BCUT2D eigenvalue weighted by Gasteiger charge is 2.30. The highest BCUT2D eigenvalue weighted by atomic mass is 35.5. The summed E-state index contributed by atoms with van der Waals surface area (Å²) in [6, 6.07) is 3.40. The molecule has 19 heavy (non-hydrogen) atoms. The molecule has 5 heteroatoms. The van der Waals surface area contributed by atoms with E-state index in [2.05, 4.69) is 19.2 Å². The van der Waals surface area contributed by atoms with E-state index in [-0.39, 0.29) is 6.10 Å². The third-order valence-corrected chi connectivity index (χ3v) is 4.56. The predicted molar refractivity (Wildman–Crippen MR) is 81.7 cm³/mol. The Morgan fingerprint density at radius 3 is 2.47 bits per heavy atom. The zero-order valence-corrected chi connectivity index (χ0v) is 13.3. The molecule has 2 nitrogen and oxygen atoms in total. The summed E-state index contributed by atoms with van der Waals surface area (Å²) in [5.41, 5.74) is 0. The van der Waals surface area contributed by atoms with Crippen molar-refractivity contribution in [2.75, 3.05) is 13.1 Å². The van der Waals surface area contributed by atoms with Crippen LogP contribution in [0.4, 0.5) is 0 Å². The maximum Gasteiger partial charge on any atom is 0.158 e. The summed E-state index contributed by atoms with van der Waals surface area (Å²) in [7, 11) is 0. The van der Waals surface area contributed by atoms with Gasteiger partial charge in [0.05, 0.1) is 10.0 Å². The van der Waals surface area contributed by atoms with E-state index in [4.69, 9.17) is 39.5 Å². The van der Waals surface area contributed by atoms with Crippen LogP contribution in [-0.4, -0.2) is 19.2 Å². The van der Waals surface area contributed by atoms with Crippen LogP contribution in [0.25, 0.3) is 0 Å². The van der Waals surface area contributed by atoms with Crippen molar-refractivity contribution in [3.8, 4) is 5.75 Å². The van der Waals surface area contributed by atoms with Gasteiger partial charge in [0.1, 0.15) is 11.1 Å². The summed E-state index contributed by atoms with van der Waals surface area (Å²) in [6.07, 6.45) is 1.20. The van der Waals surface area contributed by atoms with Crippen LogP contribution in [0.2, 0.25) is 15.1 Å². The largest absolute Gasteiger partial charge is 0.487 e. The molecule has 0 bridgehead atoms. The molecule has 0 aliphatic carbocycles. The molecule has 106 valence electrons. The predicted octanol–water partition coefficient (Wildman–Crippen LogP) is 4.66. The van der Waals surface area contributed by atoms with E-state index < -0.39 is 0 Å². The highest BCUT2D eigenvalue weighted by Crippen LogP contribution is 2.40. The first-order valence-electron chi connectivity index (χ1n) is 6.51. The fourth-order valence-corrected chi connectivity index (χ4v) is 3.10. The van der Waals surface area contributed by atoms with E-state index >= 15 is 0 Å². The van der Waals surface area contributed by atoms with Gasteiger partial charge in [0.2, 0.25) is 0 Å². The van der Waals surface area contributed by atoms with Crippen LogP contribution in [0.5, 0.6) is 5.75 Å². The molecule has 1 heterocycles. The summed E-state index contributed by atoms with van der Waals surface area (Å²) in [4.78, 5) is 0. The smallest absolute Gasteiger partial charge is 0.158 e. The van der Waals surface area contributed by atoms with Gasteiger partial charge in [-0.2, -0.15) is 0 Å². The minimum atomic E-state index is 0.0865. The summed E-state index contributed by atoms with van der Waals surface area (Å²) in [6.45, 7) is 6.30. The van der Waals surface area contributed by atoms with Crippen molar-refractivity contribution in [3.63, 3.8) is 0 Å². The topological polar surface area (TPSA) is 21.3 Å². The third kappa shape index (κ3) is 3.49. The lowest BCUT2D eigenvalue weighted by atomic mass is 9.92. The van der Waals surface area contributed by atoms with Crippen LogP contribution in [0.1, 0.15) is 20.3 Å². The monoisotopic (exact) mass is 321 g/mol. The lowest BCUT2D eigenvalue weighted by molar-refractivity contribution is 0.0976. The average Bonchev–Trinajstić information content (AvgIpc) is 2.87. The van der Waals surface area contributed by atoms with Gasteiger partial charge in [-0.1, -0.05) is 48.7 Å². The number of halogens is 3. The first-order chi connectivity index (χ1) is 9.00. The van der Waals surface area contributed by atoms with Gasteiger partial charge in [0, 0.05) is 12.5 Å². The first kappa shape index (κ1) is 15.2. The summed E-state index contributed by atoms with van der Waals surface area (Å²) in [5.74, 6) is 1.36. The molecule has 0 saturated carbocycles. The summed E-state index contributed by atoms with van der Waals surface area (Å²) >= 11 is 18.4. The molecule has 0 spiro atoms. The Labute approximate surface area is 129 Å². The van der Waals surface area contributed by atoms with Gasteiger partial charge in [-0.3, -0.25) is 0 Å². The molecule has 2 rings (SSSR count). The number of nitrogens with one attached hydrogen (secondary N) is 1. The lowest BCUT2D eigenvalue weighted by Crippen LogP contribution is -2.33. The van der Waals surface area contributed by atoms with E-state index in [1.807, 2.05) is 0 Å². The van der Waals surface area contributed by atoms with Crippen molar-refractivity contribution in [1.29, 1.82) is 0 Å². The Bertz CT molecular complexity index is 445. The lowest BCUT2D eigenvalue weighted by Gasteiger charge is -2.28. The number of hydrogen-bond acceptors (Lipinski definition) is 2. The van der Waals surface area contributed by atoms with Crippen LogP contribution in [0.3, 0.4) is 0 Å². The number of benzene rings is 1. The van der Waals surface area contributed by atoms with Gasteiger partial charge in [0.15, 0.2) is 5.75 Å². The molecule has 1 aromatic rings. The minimum Gasteiger partial charge on any atom is -0.487 e. The fraction of sp³-hybridized carbons (Fsp3) is 0.571. The molecule has 0 aromatic heterocycles. The van der Waals surface area contributed by atoms with Gasteiger partial charge >= 0.3 is 0 Å². The maximum absolute atomic E-state index is 6.20. The van der Waals surface area contributed by atoms with Crippen LogP contribution in [0.15, 0.2) is 12.1 Å². The quantitative estimate of drug-likeness (QED) is 0.814. The molecule has 0 unspecified atom stereocenters. The van der Waals surface area contributed by atoms with Gasteiger partial charge in [0.25, 0.3) is 0 Å². The standard InChI is InChI=1S/C14H18Cl3NO/c1-8(2)13(9-5-6-18-7-9)19-14-11(16)4-3-10(15)12(14)17/h3-4,8-9,13,18H,5-7H2,1-2H3/t9-,13-/m0/s1. The zero-order valence-electron chi connectivity index (χ0n) is 11.1. The molecular formula is C14H18Cl3NO. The second-order valence-electron chi connectivity index (χ2n) is 5.25. The molecule has 0 radical (unpaired) electrons.